The molecule has 0 heterocycles. The topological polar surface area (TPSA) is 86.5 Å². The van der Waals surface area contributed by atoms with E-state index in [-0.39, 0.29) is 51.4 Å². The zero-order valence-electron chi connectivity index (χ0n) is 7.56. The zero-order chi connectivity index (χ0) is 10.7. The van der Waals surface area contributed by atoms with E-state index in [1.54, 1.807) is 0 Å². The number of amides is 1. The van der Waals surface area contributed by atoms with Gasteiger partial charge in [0.05, 0.1) is 6.61 Å². The van der Waals surface area contributed by atoms with Gasteiger partial charge in [-0.3, -0.25) is 8.98 Å². The van der Waals surface area contributed by atoms with Crippen LogP contribution in [0, 0.1) is 0 Å². The summed E-state index contributed by atoms with van der Waals surface area (Å²) in [4.78, 5) is 9.47. The van der Waals surface area contributed by atoms with Crippen LogP contribution in [0.25, 0.3) is 0 Å². The molecular formula is C7H16KNO4S. The molecule has 7 heteroatoms. The second kappa shape index (κ2) is 16.2. The molecule has 0 saturated carbocycles. The minimum atomic E-state index is -2.61. The Morgan fingerprint density at radius 1 is 1.57 bits per heavy atom. The number of primary amides is 1. The van der Waals surface area contributed by atoms with E-state index in [0.717, 1.165) is 18.9 Å². The predicted octanol–water partition coefficient (Wildman–Crippen LogP) is -0.661. The van der Waals surface area contributed by atoms with Crippen molar-refractivity contribution in [1.82, 2.24) is 0 Å². The van der Waals surface area contributed by atoms with E-state index >= 15 is 0 Å². The van der Waals surface area contributed by atoms with Crippen LogP contribution >= 0.6 is 0 Å². The van der Waals surface area contributed by atoms with Gasteiger partial charge in [-0.2, -0.15) is 0 Å². The molecule has 0 aliphatic carbocycles. The number of hydrogen-bond acceptors (Lipinski definition) is 4. The van der Waals surface area contributed by atoms with Gasteiger partial charge in [-0.15, -0.1) is 0 Å². The summed E-state index contributed by atoms with van der Waals surface area (Å²) in [5.41, 5.74) is 4.53. The Kier molecular flexibility index (Phi) is 23.4. The molecular weight excluding hydrogens is 233 g/mol. The summed E-state index contributed by atoms with van der Waals surface area (Å²) in [6.07, 6.45) is 2.83. The number of nitrogens with two attached hydrogens (primary N) is 1. The van der Waals surface area contributed by atoms with Gasteiger partial charge in [0, 0.05) is 0 Å². The zero-order valence-corrected chi connectivity index (χ0v) is 8.46. The van der Waals surface area contributed by atoms with Crippen molar-refractivity contribution < 1.29 is 17.4 Å². The molecule has 0 aromatic heterocycles. The molecule has 80 valence electrons. The van der Waals surface area contributed by atoms with Crippen molar-refractivity contribution in [2.45, 2.75) is 19.8 Å². The van der Waals surface area contributed by atoms with Crippen molar-refractivity contribution in [1.29, 1.82) is 0 Å². The summed E-state index contributed by atoms with van der Waals surface area (Å²) in [5, 5.41) is 0. The van der Waals surface area contributed by atoms with Crippen LogP contribution in [0.1, 0.15) is 19.8 Å². The Morgan fingerprint density at radius 2 is 2.00 bits per heavy atom. The fourth-order valence-electron chi connectivity index (χ4n) is 0.283. The van der Waals surface area contributed by atoms with E-state index in [2.05, 4.69) is 16.5 Å². The third-order valence-corrected chi connectivity index (χ3v) is 1.29. The molecule has 1 amide bonds. The van der Waals surface area contributed by atoms with Crippen molar-refractivity contribution in [3.05, 3.63) is 12.7 Å². The van der Waals surface area contributed by atoms with E-state index in [0.29, 0.717) is 6.61 Å². The molecule has 0 spiro atoms. The van der Waals surface area contributed by atoms with Crippen molar-refractivity contribution >= 4 is 68.3 Å². The molecule has 14 heavy (non-hydrogen) atoms. The predicted molar refractivity (Wildman–Crippen MR) is 57.7 cm³/mol. The van der Waals surface area contributed by atoms with E-state index in [1.165, 1.54) is 0 Å². The Bertz CT molecular complexity index is 210. The Labute approximate surface area is 129 Å². The fraction of sp³-hybridized carbons (Fsp3) is 0.571. The van der Waals surface area contributed by atoms with Gasteiger partial charge >= 0.3 is 51.4 Å². The summed E-state index contributed by atoms with van der Waals surface area (Å²) < 4.78 is 23.6. The van der Waals surface area contributed by atoms with Crippen molar-refractivity contribution in [3.8, 4) is 0 Å². The Hall–Kier alpha value is 0.756. The van der Waals surface area contributed by atoms with E-state index < -0.39 is 16.9 Å². The standard InChI is InChI=1S/C4H10O3S.C3H5NO.K.H/c1-2-3-4-7-8(5)6;1-2-3(4)5;;/h8H,2-4H2,1H3;2H,1H2,(H2,4,5);;. The number of carbonyl (C=O) groups excluding carboxylic acids is 1. The average molecular weight is 249 g/mol. The number of carbonyl (C=O) groups is 1. The molecule has 5 nitrogen and oxygen atoms in total. The summed E-state index contributed by atoms with van der Waals surface area (Å²) in [6, 6.07) is 0. The molecule has 0 aliphatic heterocycles. The summed E-state index contributed by atoms with van der Waals surface area (Å²) in [7, 11) is -2.61. The summed E-state index contributed by atoms with van der Waals surface area (Å²) >= 11 is 0. The number of unbranched alkanes of at least 4 members (excludes halogenated alkanes) is 1. The van der Waals surface area contributed by atoms with Gasteiger partial charge in [0.25, 0.3) is 11.0 Å². The third-order valence-electron chi connectivity index (χ3n) is 0.896. The average Bonchev–Trinajstić information content (AvgIpc) is 2.05. The van der Waals surface area contributed by atoms with Crippen molar-refractivity contribution in [2.24, 2.45) is 5.73 Å². The second-order valence-corrected chi connectivity index (χ2v) is 2.72. The normalized spacial score (nSPS) is 8.14. The van der Waals surface area contributed by atoms with E-state index in [1.807, 2.05) is 6.92 Å². The molecule has 0 aromatic rings. The van der Waals surface area contributed by atoms with Crippen molar-refractivity contribution in [3.63, 3.8) is 0 Å². The SMILES string of the molecule is C=CC(N)=O.CCCCO[SH](=O)=O.[KH]. The molecule has 0 bridgehead atoms. The van der Waals surface area contributed by atoms with Crippen LogP contribution in [-0.4, -0.2) is 72.3 Å². The molecule has 0 rings (SSSR count). The molecule has 0 radical (unpaired) electrons. The van der Waals surface area contributed by atoms with Gasteiger partial charge in [-0.05, 0) is 12.5 Å². The second-order valence-electron chi connectivity index (χ2n) is 2.02. The Morgan fingerprint density at radius 3 is 2.21 bits per heavy atom. The third kappa shape index (κ3) is 29.3. The van der Waals surface area contributed by atoms with Gasteiger partial charge in [-0.1, -0.05) is 19.9 Å². The fourth-order valence-corrected chi connectivity index (χ4v) is 0.562. The van der Waals surface area contributed by atoms with Crippen LogP contribution in [0.15, 0.2) is 12.7 Å². The molecule has 0 atom stereocenters. The first-order chi connectivity index (χ1) is 6.04. The quantitative estimate of drug-likeness (QED) is 0.293. The molecule has 2 N–H and O–H groups in total. The maximum absolute atomic E-state index is 9.69. The van der Waals surface area contributed by atoms with E-state index in [4.69, 9.17) is 0 Å². The van der Waals surface area contributed by atoms with Gasteiger partial charge < -0.3 is 5.73 Å². The molecule has 0 unspecified atom stereocenters. The van der Waals surface area contributed by atoms with Gasteiger partial charge in [-0.25, -0.2) is 8.42 Å². The first kappa shape index (κ1) is 20.2. The number of hydrogen-bond donors (Lipinski definition) is 2. The molecule has 0 aromatic carbocycles. The molecule has 0 fully saturated rings. The first-order valence-corrected chi connectivity index (χ1v) is 4.83. The van der Waals surface area contributed by atoms with Crippen LogP contribution in [0.3, 0.4) is 0 Å². The number of thiol groups is 1. The monoisotopic (exact) mass is 249 g/mol. The van der Waals surface area contributed by atoms with Gasteiger partial charge in [0.1, 0.15) is 0 Å². The van der Waals surface area contributed by atoms with Crippen LogP contribution < -0.4 is 5.73 Å². The number of rotatable bonds is 5. The van der Waals surface area contributed by atoms with Crippen LogP contribution in [0.2, 0.25) is 0 Å². The van der Waals surface area contributed by atoms with Crippen molar-refractivity contribution in [2.75, 3.05) is 6.61 Å². The summed E-state index contributed by atoms with van der Waals surface area (Å²) in [6.45, 7) is 5.39. The van der Waals surface area contributed by atoms with Crippen LogP contribution in [0.5, 0.6) is 0 Å². The Balaban J connectivity index is -0.000000177. The first-order valence-electron chi connectivity index (χ1n) is 3.73. The van der Waals surface area contributed by atoms with Crippen LogP contribution in [0.4, 0.5) is 0 Å². The minimum absolute atomic E-state index is 0. The summed E-state index contributed by atoms with van der Waals surface area (Å²) in [5.74, 6) is -0.481. The van der Waals surface area contributed by atoms with Gasteiger partial charge in [0.2, 0.25) is 5.91 Å². The van der Waals surface area contributed by atoms with Crippen LogP contribution in [-0.2, 0) is 20.0 Å². The molecule has 0 aliphatic rings. The molecule has 0 saturated heterocycles. The van der Waals surface area contributed by atoms with Gasteiger partial charge in [0.15, 0.2) is 0 Å². The maximum atomic E-state index is 9.69. The van der Waals surface area contributed by atoms with E-state index in [9.17, 15) is 13.2 Å².